The Bertz CT molecular complexity index is 615. The highest BCUT2D eigenvalue weighted by molar-refractivity contribution is 5.97. The standard InChI is InChI=1S/C21H34N4O2/c1-3-12-23(13-4-2)21(27)19-22-18(17-11-7-10-16-25(17)19)20(26)24-14-8-5-6-9-15-24/h3-16H2,1-2H3. The summed E-state index contributed by atoms with van der Waals surface area (Å²) in [5, 5.41) is 0. The van der Waals surface area contributed by atoms with Gasteiger partial charge in [-0.15, -0.1) is 0 Å². The number of aromatic nitrogens is 2. The first-order valence-corrected chi connectivity index (χ1v) is 10.8. The largest absolute Gasteiger partial charge is 0.337 e. The SMILES string of the molecule is CCCN(CCC)C(=O)c1nc(C(=O)N2CCCCCC2)c2n1CCCC2. The van der Waals surface area contributed by atoms with Crippen LogP contribution in [-0.4, -0.2) is 57.3 Å². The lowest BCUT2D eigenvalue weighted by atomic mass is 10.1. The van der Waals surface area contributed by atoms with Gasteiger partial charge in [0.05, 0.1) is 5.69 Å². The van der Waals surface area contributed by atoms with Crippen LogP contribution < -0.4 is 0 Å². The summed E-state index contributed by atoms with van der Waals surface area (Å²) in [5.74, 6) is 0.487. The van der Waals surface area contributed by atoms with Gasteiger partial charge < -0.3 is 14.4 Å². The lowest BCUT2D eigenvalue weighted by Gasteiger charge is -2.23. The molecule has 0 aromatic carbocycles. The molecule has 0 radical (unpaired) electrons. The molecule has 6 nitrogen and oxygen atoms in total. The van der Waals surface area contributed by atoms with Gasteiger partial charge in [-0.05, 0) is 44.9 Å². The normalized spacial score (nSPS) is 17.3. The highest BCUT2D eigenvalue weighted by Crippen LogP contribution is 2.24. The summed E-state index contributed by atoms with van der Waals surface area (Å²) in [6.07, 6.45) is 9.32. The van der Waals surface area contributed by atoms with Crippen molar-refractivity contribution in [1.29, 1.82) is 0 Å². The van der Waals surface area contributed by atoms with Crippen molar-refractivity contribution in [2.45, 2.75) is 78.2 Å². The van der Waals surface area contributed by atoms with Crippen molar-refractivity contribution in [2.24, 2.45) is 0 Å². The van der Waals surface area contributed by atoms with Crippen molar-refractivity contribution in [2.75, 3.05) is 26.2 Å². The molecule has 0 spiro atoms. The summed E-state index contributed by atoms with van der Waals surface area (Å²) in [7, 11) is 0. The van der Waals surface area contributed by atoms with Crippen LogP contribution >= 0.6 is 0 Å². The monoisotopic (exact) mass is 374 g/mol. The van der Waals surface area contributed by atoms with Gasteiger partial charge in [-0.2, -0.15) is 0 Å². The van der Waals surface area contributed by atoms with E-state index in [1.807, 2.05) is 14.4 Å². The number of carbonyl (C=O) groups is 2. The van der Waals surface area contributed by atoms with Crippen molar-refractivity contribution in [3.8, 4) is 0 Å². The maximum absolute atomic E-state index is 13.2. The molecule has 0 atom stereocenters. The predicted octanol–water partition coefficient (Wildman–Crippen LogP) is 3.50. The van der Waals surface area contributed by atoms with Crippen LogP contribution in [0, 0.1) is 0 Å². The van der Waals surface area contributed by atoms with Crippen LogP contribution in [-0.2, 0) is 13.0 Å². The van der Waals surface area contributed by atoms with Crippen molar-refractivity contribution in [3.63, 3.8) is 0 Å². The third-order valence-corrected chi connectivity index (χ3v) is 5.68. The number of carbonyl (C=O) groups excluding carboxylic acids is 2. The molecule has 1 fully saturated rings. The fourth-order valence-electron chi connectivity index (χ4n) is 4.30. The highest BCUT2D eigenvalue weighted by Gasteiger charge is 2.31. The molecule has 2 aliphatic rings. The van der Waals surface area contributed by atoms with Crippen LogP contribution in [0.4, 0.5) is 0 Å². The second-order valence-corrected chi connectivity index (χ2v) is 7.84. The Labute approximate surface area is 162 Å². The average Bonchev–Trinajstić information content (AvgIpc) is 2.86. The third-order valence-electron chi connectivity index (χ3n) is 5.68. The first kappa shape index (κ1) is 19.9. The Morgan fingerprint density at radius 1 is 0.926 bits per heavy atom. The molecule has 3 heterocycles. The molecular formula is C21H34N4O2. The topological polar surface area (TPSA) is 58.4 Å². The zero-order valence-electron chi connectivity index (χ0n) is 17.0. The van der Waals surface area contributed by atoms with Gasteiger partial charge in [-0.25, -0.2) is 4.98 Å². The molecule has 0 N–H and O–H groups in total. The van der Waals surface area contributed by atoms with E-state index < -0.39 is 0 Å². The lowest BCUT2D eigenvalue weighted by Crippen LogP contribution is -2.35. The van der Waals surface area contributed by atoms with Crippen molar-refractivity contribution in [1.82, 2.24) is 19.4 Å². The number of nitrogens with zero attached hydrogens (tertiary/aromatic N) is 4. The van der Waals surface area contributed by atoms with E-state index in [2.05, 4.69) is 18.8 Å². The molecule has 0 aliphatic carbocycles. The van der Waals surface area contributed by atoms with E-state index in [1.54, 1.807) is 0 Å². The molecule has 0 unspecified atom stereocenters. The van der Waals surface area contributed by atoms with E-state index in [9.17, 15) is 9.59 Å². The summed E-state index contributed by atoms with van der Waals surface area (Å²) >= 11 is 0. The quantitative estimate of drug-likeness (QED) is 0.766. The Morgan fingerprint density at radius 2 is 1.56 bits per heavy atom. The highest BCUT2D eigenvalue weighted by atomic mass is 16.2. The molecule has 1 saturated heterocycles. The van der Waals surface area contributed by atoms with Gasteiger partial charge in [-0.3, -0.25) is 9.59 Å². The number of hydrogen-bond donors (Lipinski definition) is 0. The molecule has 6 heteroatoms. The van der Waals surface area contributed by atoms with Gasteiger partial charge in [0, 0.05) is 32.7 Å². The molecule has 150 valence electrons. The van der Waals surface area contributed by atoms with Gasteiger partial charge in [0.2, 0.25) is 0 Å². The number of hydrogen-bond acceptors (Lipinski definition) is 3. The summed E-state index contributed by atoms with van der Waals surface area (Å²) in [4.78, 5) is 34.9. The Hall–Kier alpha value is -1.85. The molecule has 2 aliphatic heterocycles. The summed E-state index contributed by atoms with van der Waals surface area (Å²) in [5.41, 5.74) is 1.51. The van der Waals surface area contributed by atoms with E-state index in [0.29, 0.717) is 11.5 Å². The van der Waals surface area contributed by atoms with Crippen molar-refractivity contribution in [3.05, 3.63) is 17.2 Å². The predicted molar refractivity (Wildman–Crippen MR) is 106 cm³/mol. The van der Waals surface area contributed by atoms with Gasteiger partial charge >= 0.3 is 0 Å². The molecule has 0 saturated carbocycles. The molecule has 27 heavy (non-hydrogen) atoms. The molecule has 1 aromatic heterocycles. The van der Waals surface area contributed by atoms with Crippen LogP contribution in [0.15, 0.2) is 0 Å². The number of likely N-dealkylation sites (tertiary alicyclic amines) is 1. The smallest absolute Gasteiger partial charge is 0.289 e. The molecule has 0 bridgehead atoms. The maximum atomic E-state index is 13.2. The first-order valence-electron chi connectivity index (χ1n) is 10.8. The Morgan fingerprint density at radius 3 is 2.19 bits per heavy atom. The number of imidazole rings is 1. The van der Waals surface area contributed by atoms with Crippen LogP contribution in [0.5, 0.6) is 0 Å². The Kier molecular flexibility index (Phi) is 6.91. The van der Waals surface area contributed by atoms with E-state index in [1.165, 1.54) is 12.8 Å². The van der Waals surface area contributed by atoms with Gasteiger partial charge in [-0.1, -0.05) is 26.7 Å². The third kappa shape index (κ3) is 4.36. The van der Waals surface area contributed by atoms with Crippen LogP contribution in [0.3, 0.4) is 0 Å². The minimum atomic E-state index is -0.0169. The number of fused-ring (bicyclic) bond motifs is 1. The zero-order chi connectivity index (χ0) is 19.2. The maximum Gasteiger partial charge on any atom is 0.289 e. The second-order valence-electron chi connectivity index (χ2n) is 7.84. The summed E-state index contributed by atoms with van der Waals surface area (Å²) in [6, 6.07) is 0. The fraction of sp³-hybridized carbons (Fsp3) is 0.762. The van der Waals surface area contributed by atoms with E-state index in [-0.39, 0.29) is 11.8 Å². The van der Waals surface area contributed by atoms with E-state index in [0.717, 1.165) is 83.4 Å². The number of rotatable bonds is 6. The molecule has 2 amide bonds. The van der Waals surface area contributed by atoms with E-state index in [4.69, 9.17) is 0 Å². The van der Waals surface area contributed by atoms with Crippen LogP contribution in [0.1, 0.15) is 92.0 Å². The minimum absolute atomic E-state index is 0.0169. The first-order chi connectivity index (χ1) is 13.2. The Balaban J connectivity index is 1.91. The van der Waals surface area contributed by atoms with Crippen LogP contribution in [0.2, 0.25) is 0 Å². The van der Waals surface area contributed by atoms with Gasteiger partial charge in [0.15, 0.2) is 5.82 Å². The van der Waals surface area contributed by atoms with E-state index >= 15 is 0 Å². The second kappa shape index (κ2) is 9.38. The summed E-state index contributed by atoms with van der Waals surface area (Å²) < 4.78 is 2.04. The minimum Gasteiger partial charge on any atom is -0.337 e. The van der Waals surface area contributed by atoms with Crippen LogP contribution in [0.25, 0.3) is 0 Å². The molecular weight excluding hydrogens is 340 g/mol. The van der Waals surface area contributed by atoms with Gasteiger partial charge in [0.1, 0.15) is 5.69 Å². The average molecular weight is 375 g/mol. The van der Waals surface area contributed by atoms with Gasteiger partial charge in [0.25, 0.3) is 11.8 Å². The van der Waals surface area contributed by atoms with Crippen molar-refractivity contribution < 1.29 is 9.59 Å². The fourth-order valence-corrected chi connectivity index (χ4v) is 4.30. The van der Waals surface area contributed by atoms with Crippen molar-refractivity contribution >= 4 is 11.8 Å². The lowest BCUT2D eigenvalue weighted by molar-refractivity contribution is 0.0737. The summed E-state index contributed by atoms with van der Waals surface area (Å²) in [6.45, 7) is 8.08. The number of amides is 2. The molecule has 3 rings (SSSR count). The zero-order valence-corrected chi connectivity index (χ0v) is 17.0. The molecule has 1 aromatic rings.